The van der Waals surface area contributed by atoms with Crippen LogP contribution in [0.4, 0.5) is 5.69 Å². The highest BCUT2D eigenvalue weighted by Crippen LogP contribution is 2.27. The lowest BCUT2D eigenvalue weighted by Crippen LogP contribution is -1.98. The zero-order chi connectivity index (χ0) is 12.0. The predicted molar refractivity (Wildman–Crippen MR) is 69.9 cm³/mol. The summed E-state index contributed by atoms with van der Waals surface area (Å²) in [4.78, 5) is 0. The van der Waals surface area contributed by atoms with Crippen LogP contribution in [0.3, 0.4) is 0 Å². The normalized spacial score (nSPS) is 11.1. The van der Waals surface area contributed by atoms with E-state index in [9.17, 15) is 0 Å². The first-order chi connectivity index (χ1) is 7.71. The fourth-order valence-electron chi connectivity index (χ4n) is 1.42. The van der Waals surface area contributed by atoms with Gasteiger partial charge >= 0.3 is 0 Å². The first-order valence-electron chi connectivity index (χ1n) is 5.49. The van der Waals surface area contributed by atoms with Crippen molar-refractivity contribution < 1.29 is 4.74 Å². The van der Waals surface area contributed by atoms with Crippen LogP contribution in [-0.2, 0) is 0 Å². The van der Waals surface area contributed by atoms with Crippen molar-refractivity contribution in [1.82, 2.24) is 0 Å². The first-order valence-corrected chi connectivity index (χ1v) is 5.49. The minimum atomic E-state index is 0.850. The van der Waals surface area contributed by atoms with E-state index in [-0.39, 0.29) is 0 Å². The molecule has 0 aliphatic carbocycles. The summed E-state index contributed by atoms with van der Waals surface area (Å²) in [5, 5.41) is 3.13. The van der Waals surface area contributed by atoms with Crippen molar-refractivity contribution in [2.45, 2.75) is 20.3 Å². The molecule has 0 amide bonds. The van der Waals surface area contributed by atoms with Crippen LogP contribution in [-0.4, -0.2) is 7.05 Å². The van der Waals surface area contributed by atoms with E-state index >= 15 is 0 Å². The molecule has 2 nitrogen and oxygen atoms in total. The first kappa shape index (κ1) is 12.4. The molecule has 0 fully saturated rings. The smallest absolute Gasteiger partial charge is 0.150 e. The molecule has 1 N–H and O–H groups in total. The quantitative estimate of drug-likeness (QED) is 0.596. The molecule has 1 rings (SSSR count). The molecule has 0 saturated carbocycles. The van der Waals surface area contributed by atoms with Crippen LogP contribution in [0.25, 0.3) is 0 Å². The van der Waals surface area contributed by atoms with Gasteiger partial charge in [0.15, 0.2) is 0 Å². The van der Waals surface area contributed by atoms with Crippen molar-refractivity contribution in [2.75, 3.05) is 12.4 Å². The number of allylic oxidation sites excluding steroid dienone is 3. The van der Waals surface area contributed by atoms with E-state index in [1.54, 1.807) is 6.08 Å². The van der Waals surface area contributed by atoms with E-state index in [1.807, 2.05) is 25.3 Å². The molecule has 0 saturated heterocycles. The van der Waals surface area contributed by atoms with Crippen molar-refractivity contribution >= 4 is 5.69 Å². The molecule has 0 unspecified atom stereocenters. The maximum absolute atomic E-state index is 5.81. The van der Waals surface area contributed by atoms with Crippen molar-refractivity contribution in [3.05, 3.63) is 48.3 Å². The largest absolute Gasteiger partial charge is 0.460 e. The molecule has 0 aliphatic rings. The minimum Gasteiger partial charge on any atom is -0.460 e. The Hall–Kier alpha value is -1.70. The zero-order valence-corrected chi connectivity index (χ0v) is 10.2. The molecule has 1 aromatic rings. The fourth-order valence-corrected chi connectivity index (χ4v) is 1.42. The molecule has 86 valence electrons. The lowest BCUT2D eigenvalue weighted by atomic mass is 10.2. The van der Waals surface area contributed by atoms with Crippen molar-refractivity contribution in [1.29, 1.82) is 0 Å². The Bertz CT molecular complexity index is 394. The van der Waals surface area contributed by atoms with Crippen LogP contribution >= 0.6 is 0 Å². The highest BCUT2D eigenvalue weighted by molar-refractivity contribution is 5.58. The maximum atomic E-state index is 5.81. The number of hydrogen-bond acceptors (Lipinski definition) is 2. The highest BCUT2D eigenvalue weighted by Gasteiger charge is 2.04. The third kappa shape index (κ3) is 3.16. The molecule has 1 aromatic carbocycles. The number of rotatable bonds is 5. The van der Waals surface area contributed by atoms with Gasteiger partial charge in [0.2, 0.25) is 0 Å². The topological polar surface area (TPSA) is 21.3 Å². The Balaban J connectivity index is 2.95. The molecular weight excluding hydrogens is 198 g/mol. The molecular formula is C14H19NO. The zero-order valence-electron chi connectivity index (χ0n) is 10.2. The molecule has 2 heteroatoms. The van der Waals surface area contributed by atoms with Gasteiger partial charge in [-0.3, -0.25) is 0 Å². The van der Waals surface area contributed by atoms with E-state index in [4.69, 9.17) is 4.74 Å². The van der Waals surface area contributed by atoms with Crippen molar-refractivity contribution in [3.63, 3.8) is 0 Å². The van der Waals surface area contributed by atoms with Gasteiger partial charge in [-0.1, -0.05) is 25.6 Å². The summed E-state index contributed by atoms with van der Waals surface area (Å²) in [5.74, 6) is 1.76. The SMILES string of the molecule is C=C/C=C(/CC)Oc1ccc(C)cc1NC. The lowest BCUT2D eigenvalue weighted by molar-refractivity contribution is 0.411. The van der Waals surface area contributed by atoms with Gasteiger partial charge in [-0.2, -0.15) is 0 Å². The van der Waals surface area contributed by atoms with Gasteiger partial charge in [0.25, 0.3) is 0 Å². The Morgan fingerprint density at radius 1 is 1.50 bits per heavy atom. The van der Waals surface area contributed by atoms with Gasteiger partial charge in [-0.25, -0.2) is 0 Å². The Morgan fingerprint density at radius 2 is 2.25 bits per heavy atom. The third-order valence-electron chi connectivity index (χ3n) is 2.30. The van der Waals surface area contributed by atoms with Gasteiger partial charge in [-0.05, 0) is 30.7 Å². The third-order valence-corrected chi connectivity index (χ3v) is 2.30. The van der Waals surface area contributed by atoms with E-state index in [0.29, 0.717) is 0 Å². The standard InChI is InChI=1S/C14H19NO/c1-5-7-12(6-2)16-14-9-8-11(3)10-13(14)15-4/h5,7-10,15H,1,6H2,2-4H3/b12-7-. The summed E-state index contributed by atoms with van der Waals surface area (Å²) >= 11 is 0. The maximum Gasteiger partial charge on any atom is 0.150 e. The molecule has 0 atom stereocenters. The fraction of sp³-hybridized carbons (Fsp3) is 0.286. The lowest BCUT2D eigenvalue weighted by Gasteiger charge is -2.13. The average molecular weight is 217 g/mol. The second-order valence-electron chi connectivity index (χ2n) is 3.57. The highest BCUT2D eigenvalue weighted by atomic mass is 16.5. The van der Waals surface area contributed by atoms with Crippen molar-refractivity contribution in [3.8, 4) is 5.75 Å². The van der Waals surface area contributed by atoms with E-state index in [0.717, 1.165) is 23.6 Å². The van der Waals surface area contributed by atoms with Crippen LogP contribution in [0.5, 0.6) is 5.75 Å². The molecule has 0 aliphatic heterocycles. The van der Waals surface area contributed by atoms with E-state index < -0.39 is 0 Å². The molecule has 0 radical (unpaired) electrons. The summed E-state index contributed by atoms with van der Waals surface area (Å²) < 4.78 is 5.81. The Labute approximate surface area is 97.6 Å². The second-order valence-corrected chi connectivity index (χ2v) is 3.57. The number of benzene rings is 1. The summed E-state index contributed by atoms with van der Waals surface area (Å²) in [6.07, 6.45) is 4.48. The Kier molecular flexibility index (Phi) is 4.65. The van der Waals surface area contributed by atoms with Crippen LogP contribution in [0.1, 0.15) is 18.9 Å². The monoisotopic (exact) mass is 217 g/mol. The molecule has 0 heterocycles. The van der Waals surface area contributed by atoms with Gasteiger partial charge in [0.1, 0.15) is 11.5 Å². The number of ether oxygens (including phenoxy) is 1. The van der Waals surface area contributed by atoms with Gasteiger partial charge in [0.05, 0.1) is 5.69 Å². The van der Waals surface area contributed by atoms with Gasteiger partial charge < -0.3 is 10.1 Å². The van der Waals surface area contributed by atoms with Crippen LogP contribution in [0, 0.1) is 6.92 Å². The second kappa shape index (κ2) is 6.01. The van der Waals surface area contributed by atoms with Crippen LogP contribution < -0.4 is 10.1 Å². The molecule has 0 bridgehead atoms. The summed E-state index contributed by atoms with van der Waals surface area (Å²) in [7, 11) is 1.89. The van der Waals surface area contributed by atoms with Crippen LogP contribution in [0.15, 0.2) is 42.7 Å². The van der Waals surface area contributed by atoms with Crippen molar-refractivity contribution in [2.24, 2.45) is 0 Å². The Morgan fingerprint density at radius 3 is 2.81 bits per heavy atom. The van der Waals surface area contributed by atoms with E-state index in [2.05, 4.69) is 31.8 Å². The van der Waals surface area contributed by atoms with Gasteiger partial charge in [-0.15, -0.1) is 0 Å². The van der Waals surface area contributed by atoms with Gasteiger partial charge in [0, 0.05) is 13.5 Å². The number of anilines is 1. The van der Waals surface area contributed by atoms with Crippen LogP contribution in [0.2, 0.25) is 0 Å². The average Bonchev–Trinajstić information content (AvgIpc) is 2.30. The summed E-state index contributed by atoms with van der Waals surface area (Å²) in [6.45, 7) is 7.79. The minimum absolute atomic E-state index is 0.850. The summed E-state index contributed by atoms with van der Waals surface area (Å²) in [5.41, 5.74) is 2.21. The number of nitrogens with one attached hydrogen (secondary N) is 1. The molecule has 16 heavy (non-hydrogen) atoms. The van der Waals surface area contributed by atoms with E-state index in [1.165, 1.54) is 5.56 Å². The summed E-state index contributed by atoms with van der Waals surface area (Å²) in [6, 6.07) is 6.08. The number of hydrogen-bond donors (Lipinski definition) is 1. The molecule has 0 spiro atoms. The number of aryl methyl sites for hydroxylation is 1. The predicted octanol–water partition coefficient (Wildman–Crippen LogP) is 3.90. The molecule has 0 aromatic heterocycles.